The summed E-state index contributed by atoms with van der Waals surface area (Å²) >= 11 is 3.49. The summed E-state index contributed by atoms with van der Waals surface area (Å²) in [6, 6.07) is 8.22. The minimum absolute atomic E-state index is 0.714. The molecule has 0 unspecified atom stereocenters. The van der Waals surface area contributed by atoms with Crippen LogP contribution in [0.1, 0.15) is 11.3 Å². The molecule has 0 bridgehead atoms. The molecule has 0 amide bonds. The van der Waals surface area contributed by atoms with Gasteiger partial charge in [0.2, 0.25) is 0 Å². The lowest BCUT2D eigenvalue weighted by molar-refractivity contribution is 0.199. The minimum Gasteiger partial charge on any atom is -0.383 e. The van der Waals surface area contributed by atoms with Gasteiger partial charge in [-0.25, -0.2) is 4.68 Å². The monoisotopic (exact) mass is 323 g/mol. The summed E-state index contributed by atoms with van der Waals surface area (Å²) in [5.74, 6) is 0. The highest BCUT2D eigenvalue weighted by atomic mass is 79.9. The average molecular weight is 324 g/mol. The predicted octanol–water partition coefficient (Wildman–Crippen LogP) is 2.68. The van der Waals surface area contributed by atoms with Crippen molar-refractivity contribution >= 4 is 15.9 Å². The predicted molar refractivity (Wildman–Crippen MR) is 79.6 cm³/mol. The molecule has 1 N–H and O–H groups in total. The van der Waals surface area contributed by atoms with E-state index < -0.39 is 0 Å². The molecule has 0 aliphatic rings. The van der Waals surface area contributed by atoms with Crippen molar-refractivity contribution in [1.82, 2.24) is 15.1 Å². The van der Waals surface area contributed by atoms with Gasteiger partial charge in [-0.1, -0.05) is 22.0 Å². The zero-order valence-electron chi connectivity index (χ0n) is 11.2. The zero-order chi connectivity index (χ0) is 13.7. The average Bonchev–Trinajstić information content (AvgIpc) is 2.86. The Balaban J connectivity index is 2.06. The van der Waals surface area contributed by atoms with Crippen molar-refractivity contribution in [3.05, 3.63) is 46.2 Å². The van der Waals surface area contributed by atoms with Crippen LogP contribution in [0.25, 0.3) is 5.69 Å². The summed E-state index contributed by atoms with van der Waals surface area (Å²) in [6.45, 7) is 4.38. The fourth-order valence-electron chi connectivity index (χ4n) is 1.81. The third-order valence-electron chi connectivity index (χ3n) is 2.85. The van der Waals surface area contributed by atoms with Gasteiger partial charge in [0.05, 0.1) is 18.0 Å². The second kappa shape index (κ2) is 6.84. The van der Waals surface area contributed by atoms with Crippen LogP contribution in [0.3, 0.4) is 0 Å². The summed E-state index contributed by atoms with van der Waals surface area (Å²) in [5.41, 5.74) is 3.32. The van der Waals surface area contributed by atoms with E-state index in [0.717, 1.165) is 28.9 Å². The van der Waals surface area contributed by atoms with Crippen LogP contribution in [-0.4, -0.2) is 30.0 Å². The molecule has 0 spiro atoms. The highest BCUT2D eigenvalue weighted by Crippen LogP contribution is 2.19. The zero-order valence-corrected chi connectivity index (χ0v) is 12.8. The summed E-state index contributed by atoms with van der Waals surface area (Å²) in [4.78, 5) is 0. The number of aryl methyl sites for hydroxylation is 1. The molecule has 1 aromatic heterocycles. The van der Waals surface area contributed by atoms with Gasteiger partial charge in [0, 0.05) is 30.9 Å². The maximum Gasteiger partial charge on any atom is 0.0766 e. The summed E-state index contributed by atoms with van der Waals surface area (Å²) in [7, 11) is 1.70. The minimum atomic E-state index is 0.714. The summed E-state index contributed by atoms with van der Waals surface area (Å²) < 4.78 is 7.96. The molecular weight excluding hydrogens is 306 g/mol. The molecule has 19 heavy (non-hydrogen) atoms. The Hall–Kier alpha value is -1.17. The van der Waals surface area contributed by atoms with Crippen molar-refractivity contribution in [2.75, 3.05) is 20.3 Å². The fourth-order valence-corrected chi connectivity index (χ4v) is 2.16. The molecule has 0 saturated carbocycles. The van der Waals surface area contributed by atoms with E-state index in [-0.39, 0.29) is 0 Å². The van der Waals surface area contributed by atoms with E-state index in [4.69, 9.17) is 4.74 Å². The third-order valence-corrected chi connectivity index (χ3v) is 3.34. The number of halogens is 1. The lowest BCUT2D eigenvalue weighted by Gasteiger charge is -2.06. The first-order valence-corrected chi connectivity index (χ1v) is 7.01. The molecule has 2 aromatic rings. The number of benzene rings is 1. The molecule has 102 valence electrons. The van der Waals surface area contributed by atoms with E-state index >= 15 is 0 Å². The Morgan fingerprint density at radius 1 is 1.37 bits per heavy atom. The molecule has 0 radical (unpaired) electrons. The van der Waals surface area contributed by atoms with Crippen LogP contribution in [0.2, 0.25) is 0 Å². The maximum atomic E-state index is 4.99. The Morgan fingerprint density at radius 2 is 2.21 bits per heavy atom. The van der Waals surface area contributed by atoms with E-state index in [1.807, 2.05) is 23.0 Å². The second-order valence-corrected chi connectivity index (χ2v) is 5.27. The number of methoxy groups -OCH3 is 1. The Bertz CT molecular complexity index is 539. The molecule has 0 saturated heterocycles. The van der Waals surface area contributed by atoms with Crippen LogP contribution in [0.4, 0.5) is 0 Å². The van der Waals surface area contributed by atoms with E-state index in [9.17, 15) is 0 Å². The van der Waals surface area contributed by atoms with Crippen LogP contribution in [0, 0.1) is 6.92 Å². The first-order chi connectivity index (χ1) is 9.20. The molecule has 5 heteroatoms. The van der Waals surface area contributed by atoms with Gasteiger partial charge in [0.1, 0.15) is 0 Å². The first-order valence-electron chi connectivity index (χ1n) is 6.21. The van der Waals surface area contributed by atoms with E-state index in [1.54, 1.807) is 7.11 Å². The molecule has 0 aliphatic heterocycles. The lowest BCUT2D eigenvalue weighted by Crippen LogP contribution is -2.18. The lowest BCUT2D eigenvalue weighted by atomic mass is 10.2. The van der Waals surface area contributed by atoms with Crippen molar-refractivity contribution in [1.29, 1.82) is 0 Å². The van der Waals surface area contributed by atoms with Gasteiger partial charge in [-0.3, -0.25) is 0 Å². The van der Waals surface area contributed by atoms with Gasteiger partial charge >= 0.3 is 0 Å². The molecule has 1 aromatic carbocycles. The standard InChI is InChI=1S/C14H18BrN3O/c1-11-3-4-12(15)9-14(11)18-7-5-13(17-18)10-16-6-8-19-2/h3-5,7,9,16H,6,8,10H2,1-2H3. The van der Waals surface area contributed by atoms with Crippen LogP contribution in [0.5, 0.6) is 0 Å². The van der Waals surface area contributed by atoms with Crippen LogP contribution < -0.4 is 5.32 Å². The molecule has 0 fully saturated rings. The van der Waals surface area contributed by atoms with Crippen LogP contribution in [-0.2, 0) is 11.3 Å². The maximum absolute atomic E-state index is 4.99. The van der Waals surface area contributed by atoms with Gasteiger partial charge in [-0.2, -0.15) is 5.10 Å². The van der Waals surface area contributed by atoms with Crippen LogP contribution in [0.15, 0.2) is 34.9 Å². The highest BCUT2D eigenvalue weighted by Gasteiger charge is 2.04. The largest absolute Gasteiger partial charge is 0.383 e. The quantitative estimate of drug-likeness (QED) is 0.831. The summed E-state index contributed by atoms with van der Waals surface area (Å²) in [6.07, 6.45) is 1.99. The first kappa shape index (κ1) is 14.2. The number of aromatic nitrogens is 2. The van der Waals surface area contributed by atoms with Gasteiger partial charge in [0.25, 0.3) is 0 Å². The van der Waals surface area contributed by atoms with Gasteiger partial charge < -0.3 is 10.1 Å². The Kier molecular flexibility index (Phi) is 5.13. The molecular formula is C14H18BrN3O. The fraction of sp³-hybridized carbons (Fsp3) is 0.357. The molecule has 2 rings (SSSR count). The number of ether oxygens (including phenoxy) is 1. The van der Waals surface area contributed by atoms with Crippen molar-refractivity contribution in [2.45, 2.75) is 13.5 Å². The highest BCUT2D eigenvalue weighted by molar-refractivity contribution is 9.10. The Labute approximate surface area is 121 Å². The normalized spacial score (nSPS) is 10.9. The van der Waals surface area contributed by atoms with Gasteiger partial charge in [-0.05, 0) is 30.7 Å². The van der Waals surface area contributed by atoms with Crippen molar-refractivity contribution in [2.24, 2.45) is 0 Å². The number of hydrogen-bond acceptors (Lipinski definition) is 3. The number of hydrogen-bond donors (Lipinski definition) is 1. The third kappa shape index (κ3) is 3.89. The van der Waals surface area contributed by atoms with Crippen molar-refractivity contribution in [3.63, 3.8) is 0 Å². The number of nitrogens with one attached hydrogen (secondary N) is 1. The number of rotatable bonds is 6. The molecule has 1 heterocycles. The van der Waals surface area contributed by atoms with E-state index in [2.05, 4.69) is 45.4 Å². The van der Waals surface area contributed by atoms with Gasteiger partial charge in [-0.15, -0.1) is 0 Å². The summed E-state index contributed by atoms with van der Waals surface area (Å²) in [5, 5.41) is 7.86. The molecule has 0 aliphatic carbocycles. The van der Waals surface area contributed by atoms with Crippen LogP contribution >= 0.6 is 15.9 Å². The van der Waals surface area contributed by atoms with Gasteiger partial charge in [0.15, 0.2) is 0 Å². The second-order valence-electron chi connectivity index (χ2n) is 4.35. The molecule has 4 nitrogen and oxygen atoms in total. The van der Waals surface area contributed by atoms with E-state index in [1.165, 1.54) is 5.56 Å². The Morgan fingerprint density at radius 3 is 3.00 bits per heavy atom. The van der Waals surface area contributed by atoms with Crippen molar-refractivity contribution < 1.29 is 4.74 Å². The molecule has 0 atom stereocenters. The van der Waals surface area contributed by atoms with E-state index in [0.29, 0.717) is 6.61 Å². The smallest absolute Gasteiger partial charge is 0.0766 e. The topological polar surface area (TPSA) is 39.1 Å². The SMILES string of the molecule is COCCNCc1ccn(-c2cc(Br)ccc2C)n1. The van der Waals surface area contributed by atoms with Crippen molar-refractivity contribution in [3.8, 4) is 5.69 Å². The number of nitrogens with zero attached hydrogens (tertiary/aromatic N) is 2.